The fraction of sp³-hybridized carbons (Fsp3) is 0.278. The molecule has 0 unspecified atom stereocenters. The molecule has 0 atom stereocenters. The number of imidazole rings is 1. The third-order valence-corrected chi connectivity index (χ3v) is 3.89. The number of benzene rings is 2. The highest BCUT2D eigenvalue weighted by atomic mass is 19.4. The van der Waals surface area contributed by atoms with Gasteiger partial charge in [0.1, 0.15) is 17.9 Å². The highest BCUT2D eigenvalue weighted by molar-refractivity contribution is 5.81. The normalized spacial score (nSPS) is 12.5. The van der Waals surface area contributed by atoms with Crippen LogP contribution in [0.15, 0.2) is 42.5 Å². The maximum Gasteiger partial charge on any atom is 0.449 e. The van der Waals surface area contributed by atoms with Gasteiger partial charge >= 0.3 is 12.4 Å². The van der Waals surface area contributed by atoms with Crippen LogP contribution in [-0.4, -0.2) is 23.1 Å². The van der Waals surface area contributed by atoms with E-state index in [0.29, 0.717) is 18.7 Å². The SMILES string of the molecule is FC(F)(F)c1ccc(CNCCOc2cccc3[nH]c(C(F)(F)F)nc23)cc1. The molecule has 0 aliphatic rings. The van der Waals surface area contributed by atoms with E-state index in [-0.39, 0.29) is 23.4 Å². The Hall–Kier alpha value is -2.75. The van der Waals surface area contributed by atoms with E-state index < -0.39 is 23.7 Å². The summed E-state index contributed by atoms with van der Waals surface area (Å²) in [6.45, 7) is 0.814. The molecule has 28 heavy (non-hydrogen) atoms. The van der Waals surface area contributed by atoms with E-state index in [0.717, 1.165) is 12.1 Å². The van der Waals surface area contributed by atoms with Gasteiger partial charge in [0.15, 0.2) is 0 Å². The Morgan fingerprint density at radius 1 is 0.929 bits per heavy atom. The fourth-order valence-electron chi connectivity index (χ4n) is 2.53. The second-order valence-electron chi connectivity index (χ2n) is 5.96. The van der Waals surface area contributed by atoms with Gasteiger partial charge in [0.2, 0.25) is 5.82 Å². The number of nitrogens with zero attached hydrogens (tertiary/aromatic N) is 1. The first-order valence-corrected chi connectivity index (χ1v) is 8.20. The van der Waals surface area contributed by atoms with Gasteiger partial charge in [-0.3, -0.25) is 0 Å². The number of hydrogen-bond acceptors (Lipinski definition) is 3. The van der Waals surface area contributed by atoms with Crippen molar-refractivity contribution in [3.63, 3.8) is 0 Å². The molecule has 2 aromatic carbocycles. The lowest BCUT2D eigenvalue weighted by atomic mass is 10.1. The molecule has 150 valence electrons. The first-order valence-electron chi connectivity index (χ1n) is 8.20. The number of para-hydroxylation sites is 1. The van der Waals surface area contributed by atoms with E-state index in [1.807, 2.05) is 0 Å². The van der Waals surface area contributed by atoms with Gasteiger partial charge in [-0.15, -0.1) is 0 Å². The van der Waals surface area contributed by atoms with E-state index in [4.69, 9.17) is 4.74 Å². The van der Waals surface area contributed by atoms with Crippen LogP contribution in [0.5, 0.6) is 5.75 Å². The van der Waals surface area contributed by atoms with E-state index in [9.17, 15) is 26.3 Å². The van der Waals surface area contributed by atoms with Crippen molar-refractivity contribution in [2.75, 3.05) is 13.2 Å². The molecule has 0 radical (unpaired) electrons. The molecule has 0 aliphatic carbocycles. The molecule has 0 amide bonds. The lowest BCUT2D eigenvalue weighted by molar-refractivity contribution is -0.144. The number of H-pyrrole nitrogens is 1. The second-order valence-corrected chi connectivity index (χ2v) is 5.96. The molecule has 0 saturated heterocycles. The number of halogens is 6. The van der Waals surface area contributed by atoms with Crippen molar-refractivity contribution in [3.8, 4) is 5.75 Å². The van der Waals surface area contributed by atoms with Crippen molar-refractivity contribution in [1.29, 1.82) is 0 Å². The molecule has 3 rings (SSSR count). The minimum absolute atomic E-state index is 0.0811. The molecule has 1 aromatic heterocycles. The van der Waals surface area contributed by atoms with Crippen molar-refractivity contribution >= 4 is 11.0 Å². The fourth-order valence-corrected chi connectivity index (χ4v) is 2.53. The van der Waals surface area contributed by atoms with E-state index in [2.05, 4.69) is 15.3 Å². The molecular formula is C18H15F6N3O. The third kappa shape index (κ3) is 4.75. The van der Waals surface area contributed by atoms with Gasteiger partial charge in [-0.2, -0.15) is 26.3 Å². The molecule has 0 aliphatic heterocycles. The minimum Gasteiger partial charge on any atom is -0.490 e. The summed E-state index contributed by atoms with van der Waals surface area (Å²) >= 11 is 0. The molecule has 10 heteroatoms. The maximum atomic E-state index is 12.8. The number of fused-ring (bicyclic) bond motifs is 1. The molecule has 0 bridgehead atoms. The summed E-state index contributed by atoms with van der Waals surface area (Å²) in [5.41, 5.74) is 0.238. The zero-order chi connectivity index (χ0) is 20.4. The zero-order valence-corrected chi connectivity index (χ0v) is 14.3. The molecule has 3 aromatic rings. The number of aromatic nitrogens is 2. The van der Waals surface area contributed by atoms with Crippen LogP contribution < -0.4 is 10.1 Å². The summed E-state index contributed by atoms with van der Waals surface area (Å²) in [6, 6.07) is 9.28. The Kier molecular flexibility index (Phi) is 5.50. The first-order chi connectivity index (χ1) is 13.1. The van der Waals surface area contributed by atoms with Crippen LogP contribution in [0.2, 0.25) is 0 Å². The molecule has 0 saturated carbocycles. The van der Waals surface area contributed by atoms with Crippen LogP contribution >= 0.6 is 0 Å². The van der Waals surface area contributed by atoms with Crippen LogP contribution in [0.3, 0.4) is 0 Å². The molecule has 1 heterocycles. The van der Waals surface area contributed by atoms with Crippen LogP contribution in [0.1, 0.15) is 17.0 Å². The Bertz CT molecular complexity index is 931. The summed E-state index contributed by atoms with van der Waals surface area (Å²) in [5.74, 6) is -0.889. The lowest BCUT2D eigenvalue weighted by Gasteiger charge is -2.09. The molecule has 0 spiro atoms. The number of alkyl halides is 6. The topological polar surface area (TPSA) is 49.9 Å². The molecular weight excluding hydrogens is 388 g/mol. The predicted octanol–water partition coefficient (Wildman–Crippen LogP) is 4.77. The van der Waals surface area contributed by atoms with Gasteiger partial charge in [0, 0.05) is 13.1 Å². The van der Waals surface area contributed by atoms with Crippen LogP contribution in [-0.2, 0) is 18.9 Å². The van der Waals surface area contributed by atoms with Crippen LogP contribution in [0.25, 0.3) is 11.0 Å². The van der Waals surface area contributed by atoms with Gasteiger partial charge in [-0.05, 0) is 29.8 Å². The lowest BCUT2D eigenvalue weighted by Crippen LogP contribution is -2.20. The van der Waals surface area contributed by atoms with Crippen LogP contribution in [0.4, 0.5) is 26.3 Å². The highest BCUT2D eigenvalue weighted by Crippen LogP contribution is 2.31. The van der Waals surface area contributed by atoms with Crippen molar-refractivity contribution in [1.82, 2.24) is 15.3 Å². The Balaban J connectivity index is 1.52. The Labute approximate surface area is 155 Å². The second kappa shape index (κ2) is 7.70. The third-order valence-electron chi connectivity index (χ3n) is 3.89. The Morgan fingerprint density at radius 3 is 2.29 bits per heavy atom. The Morgan fingerprint density at radius 2 is 1.64 bits per heavy atom. The van der Waals surface area contributed by atoms with E-state index in [1.54, 1.807) is 6.07 Å². The summed E-state index contributed by atoms with van der Waals surface area (Å²) in [4.78, 5) is 5.74. The van der Waals surface area contributed by atoms with Crippen molar-refractivity contribution in [2.24, 2.45) is 0 Å². The minimum atomic E-state index is -4.58. The molecule has 2 N–H and O–H groups in total. The number of nitrogens with one attached hydrogen (secondary N) is 2. The van der Waals surface area contributed by atoms with Gasteiger partial charge < -0.3 is 15.0 Å². The zero-order valence-electron chi connectivity index (χ0n) is 14.3. The largest absolute Gasteiger partial charge is 0.490 e. The van der Waals surface area contributed by atoms with Crippen LogP contribution in [0, 0.1) is 0 Å². The van der Waals surface area contributed by atoms with Gasteiger partial charge in [0.05, 0.1) is 11.1 Å². The number of rotatable bonds is 6. The number of hydrogen-bond donors (Lipinski definition) is 2. The van der Waals surface area contributed by atoms with E-state index in [1.165, 1.54) is 24.3 Å². The summed E-state index contributed by atoms with van der Waals surface area (Å²) in [7, 11) is 0. The van der Waals surface area contributed by atoms with Gasteiger partial charge in [-0.1, -0.05) is 18.2 Å². The number of aromatic amines is 1. The smallest absolute Gasteiger partial charge is 0.449 e. The summed E-state index contributed by atoms with van der Waals surface area (Å²) < 4.78 is 81.3. The summed E-state index contributed by atoms with van der Waals surface area (Å²) in [6.07, 6.45) is -8.96. The number of ether oxygens (including phenoxy) is 1. The predicted molar refractivity (Wildman–Crippen MR) is 89.7 cm³/mol. The van der Waals surface area contributed by atoms with Gasteiger partial charge in [0.25, 0.3) is 0 Å². The first kappa shape index (κ1) is 20.0. The highest BCUT2D eigenvalue weighted by Gasteiger charge is 2.35. The van der Waals surface area contributed by atoms with Crippen molar-refractivity contribution in [2.45, 2.75) is 18.9 Å². The monoisotopic (exact) mass is 403 g/mol. The standard InChI is InChI=1S/C18H15F6N3O/c19-17(20,21)12-6-4-11(5-7-12)10-25-8-9-28-14-3-1-2-13-15(14)27-16(26-13)18(22,23)24/h1-7,25H,8-10H2,(H,26,27). The van der Waals surface area contributed by atoms with Crippen molar-refractivity contribution < 1.29 is 31.1 Å². The molecule has 0 fully saturated rings. The van der Waals surface area contributed by atoms with Crippen molar-refractivity contribution in [3.05, 3.63) is 59.4 Å². The molecule has 4 nitrogen and oxygen atoms in total. The van der Waals surface area contributed by atoms with Gasteiger partial charge in [-0.25, -0.2) is 4.98 Å². The summed E-state index contributed by atoms with van der Waals surface area (Å²) in [5, 5.41) is 2.99. The van der Waals surface area contributed by atoms with E-state index >= 15 is 0 Å². The maximum absolute atomic E-state index is 12.8. The quantitative estimate of drug-likeness (QED) is 0.461. The average molecular weight is 403 g/mol. The average Bonchev–Trinajstić information content (AvgIpc) is 3.06.